The van der Waals surface area contributed by atoms with Gasteiger partial charge in [0.25, 0.3) is 0 Å². The third kappa shape index (κ3) is 8.92. The number of thiazole rings is 1. The van der Waals surface area contributed by atoms with Crippen LogP contribution in [0.1, 0.15) is 18.2 Å². The van der Waals surface area contributed by atoms with E-state index in [0.717, 1.165) is 48.5 Å². The summed E-state index contributed by atoms with van der Waals surface area (Å²) in [5, 5.41) is 10.8. The van der Waals surface area contributed by atoms with Gasteiger partial charge in [-0.2, -0.15) is 0 Å². The molecule has 0 bridgehead atoms. The highest BCUT2D eigenvalue weighted by Gasteiger charge is 1.99. The molecule has 2 heterocycles. The fourth-order valence-corrected chi connectivity index (χ4v) is 4.14. The molecule has 2 aromatic rings. The molecule has 0 aliphatic carbocycles. The zero-order chi connectivity index (χ0) is 15.5. The zero-order valence-electron chi connectivity index (χ0n) is 13.2. The zero-order valence-corrected chi connectivity index (χ0v) is 17.9. The van der Waals surface area contributed by atoms with Crippen LogP contribution in [0.3, 0.4) is 0 Å². The van der Waals surface area contributed by atoms with Crippen LogP contribution in [-0.2, 0) is 6.42 Å². The van der Waals surface area contributed by atoms with Gasteiger partial charge in [0.1, 0.15) is 4.34 Å². The first kappa shape index (κ1) is 20.7. The Morgan fingerprint density at radius 2 is 2.22 bits per heavy atom. The van der Waals surface area contributed by atoms with E-state index in [4.69, 9.17) is 0 Å². The van der Waals surface area contributed by atoms with Gasteiger partial charge in [0.15, 0.2) is 5.96 Å². The van der Waals surface area contributed by atoms with Crippen LogP contribution >= 0.6 is 58.4 Å². The highest BCUT2D eigenvalue weighted by atomic mass is 127. The smallest absolute Gasteiger partial charge is 0.191 e. The molecule has 0 aliphatic rings. The molecular weight excluding hydrogens is 459 g/mol. The van der Waals surface area contributed by atoms with Gasteiger partial charge in [-0.3, -0.25) is 4.99 Å². The number of hydrogen-bond acceptors (Lipinski definition) is 5. The Morgan fingerprint density at radius 3 is 2.91 bits per heavy atom. The average molecular weight is 482 g/mol. The van der Waals surface area contributed by atoms with Crippen molar-refractivity contribution in [2.24, 2.45) is 4.99 Å². The molecule has 0 spiro atoms. The first-order valence-corrected chi connectivity index (χ1v) is 10.2. The van der Waals surface area contributed by atoms with Crippen LogP contribution in [0.5, 0.6) is 0 Å². The number of thiophene rings is 1. The van der Waals surface area contributed by atoms with E-state index in [1.807, 2.05) is 11.6 Å². The Hall–Kier alpha value is -0.320. The van der Waals surface area contributed by atoms with Gasteiger partial charge >= 0.3 is 0 Å². The van der Waals surface area contributed by atoms with Crippen LogP contribution < -0.4 is 10.6 Å². The van der Waals surface area contributed by atoms with E-state index < -0.39 is 0 Å². The van der Waals surface area contributed by atoms with Crippen molar-refractivity contribution in [2.75, 3.05) is 25.4 Å². The molecule has 23 heavy (non-hydrogen) atoms. The van der Waals surface area contributed by atoms with Gasteiger partial charge in [-0.15, -0.1) is 46.7 Å². The number of nitrogens with one attached hydrogen (secondary N) is 2. The minimum Gasteiger partial charge on any atom is -0.357 e. The first-order chi connectivity index (χ1) is 10.9. The van der Waals surface area contributed by atoms with E-state index in [0.29, 0.717) is 0 Å². The van der Waals surface area contributed by atoms with Crippen LogP contribution in [-0.4, -0.2) is 36.3 Å². The van der Waals surface area contributed by atoms with E-state index in [1.165, 1.54) is 4.88 Å². The molecule has 0 radical (unpaired) electrons. The summed E-state index contributed by atoms with van der Waals surface area (Å²) < 4.78 is 1.14. The fourth-order valence-electron chi connectivity index (χ4n) is 1.80. The lowest BCUT2D eigenvalue weighted by Gasteiger charge is -2.10. The monoisotopic (exact) mass is 482 g/mol. The number of nitrogens with zero attached hydrogens (tertiary/aromatic N) is 2. The molecule has 0 amide bonds. The van der Waals surface area contributed by atoms with E-state index >= 15 is 0 Å². The van der Waals surface area contributed by atoms with Crippen molar-refractivity contribution in [1.82, 2.24) is 15.6 Å². The quantitative estimate of drug-likeness (QED) is 0.186. The summed E-state index contributed by atoms with van der Waals surface area (Å²) in [6, 6.07) is 4.27. The van der Waals surface area contributed by atoms with Crippen molar-refractivity contribution in [3.8, 4) is 0 Å². The molecule has 8 heteroatoms. The first-order valence-electron chi connectivity index (χ1n) is 7.45. The summed E-state index contributed by atoms with van der Waals surface area (Å²) in [4.78, 5) is 10.3. The van der Waals surface area contributed by atoms with E-state index in [1.54, 1.807) is 34.4 Å². The SMILES string of the molecule is CCNC(=NCCCSc1nccs1)NCCc1cccs1.I. The van der Waals surface area contributed by atoms with Gasteiger partial charge in [-0.25, -0.2) is 4.98 Å². The summed E-state index contributed by atoms with van der Waals surface area (Å²) in [6.07, 6.45) is 3.96. The molecule has 2 rings (SSSR count). The third-order valence-electron chi connectivity index (χ3n) is 2.80. The maximum Gasteiger partial charge on any atom is 0.191 e. The minimum atomic E-state index is 0. The van der Waals surface area contributed by atoms with Gasteiger partial charge in [0.05, 0.1) is 0 Å². The van der Waals surface area contributed by atoms with Crippen LogP contribution in [0.4, 0.5) is 0 Å². The summed E-state index contributed by atoms with van der Waals surface area (Å²) >= 11 is 5.31. The molecule has 0 atom stereocenters. The minimum absolute atomic E-state index is 0. The molecule has 0 fully saturated rings. The molecule has 128 valence electrons. The van der Waals surface area contributed by atoms with E-state index in [2.05, 4.69) is 45.0 Å². The molecule has 2 N–H and O–H groups in total. The Balaban J connectivity index is 0.00000264. The number of hydrogen-bond donors (Lipinski definition) is 2. The number of halogens is 1. The third-order valence-corrected chi connectivity index (χ3v) is 5.78. The molecule has 4 nitrogen and oxygen atoms in total. The normalized spacial score (nSPS) is 11.1. The maximum atomic E-state index is 4.62. The van der Waals surface area contributed by atoms with Gasteiger partial charge in [-0.05, 0) is 31.2 Å². The Morgan fingerprint density at radius 1 is 1.30 bits per heavy atom. The number of aliphatic imine (C=N–C) groups is 1. The lowest BCUT2D eigenvalue weighted by Crippen LogP contribution is -2.38. The predicted octanol–water partition coefficient (Wildman–Crippen LogP) is 4.10. The molecular formula is C15H23IN4S3. The van der Waals surface area contributed by atoms with Crippen LogP contribution in [0, 0.1) is 0 Å². The van der Waals surface area contributed by atoms with Crippen molar-refractivity contribution in [1.29, 1.82) is 0 Å². The summed E-state index contributed by atoms with van der Waals surface area (Å²) in [5.74, 6) is 1.98. The van der Waals surface area contributed by atoms with E-state index in [-0.39, 0.29) is 24.0 Å². The standard InChI is InChI=1S/C15H22N4S3.HI/c1-2-16-14(18-8-6-13-5-3-10-20-13)17-7-4-11-21-15-19-9-12-22-15;/h3,5,9-10,12H,2,4,6-8,11H2,1H3,(H2,16,17,18);1H. The maximum absolute atomic E-state index is 4.62. The van der Waals surface area contributed by atoms with Gasteiger partial charge in [0.2, 0.25) is 0 Å². The van der Waals surface area contributed by atoms with Crippen molar-refractivity contribution in [3.05, 3.63) is 34.0 Å². The van der Waals surface area contributed by atoms with E-state index in [9.17, 15) is 0 Å². The Kier molecular flexibility index (Phi) is 11.7. The number of aromatic nitrogens is 1. The number of rotatable bonds is 9. The van der Waals surface area contributed by atoms with Crippen LogP contribution in [0.2, 0.25) is 0 Å². The summed E-state index contributed by atoms with van der Waals surface area (Å²) in [5.41, 5.74) is 0. The largest absolute Gasteiger partial charge is 0.357 e. The molecule has 0 saturated heterocycles. The Labute approximate surface area is 167 Å². The molecule has 0 aromatic carbocycles. The molecule has 0 unspecified atom stereocenters. The highest BCUT2D eigenvalue weighted by molar-refractivity contribution is 14.0. The van der Waals surface area contributed by atoms with Gasteiger partial charge in [-0.1, -0.05) is 17.8 Å². The van der Waals surface area contributed by atoms with Gasteiger partial charge in [0, 0.05) is 41.8 Å². The number of guanidine groups is 1. The second-order valence-electron chi connectivity index (χ2n) is 4.52. The molecule has 0 saturated carbocycles. The van der Waals surface area contributed by atoms with Crippen LogP contribution in [0.25, 0.3) is 0 Å². The highest BCUT2D eigenvalue weighted by Crippen LogP contribution is 2.20. The fraction of sp³-hybridized carbons (Fsp3) is 0.467. The second-order valence-corrected chi connectivity index (χ2v) is 7.79. The van der Waals surface area contributed by atoms with Gasteiger partial charge < -0.3 is 10.6 Å². The molecule has 2 aromatic heterocycles. The number of thioether (sulfide) groups is 1. The molecule has 0 aliphatic heterocycles. The predicted molar refractivity (Wildman–Crippen MR) is 115 cm³/mol. The van der Waals surface area contributed by atoms with Crippen molar-refractivity contribution in [2.45, 2.75) is 24.1 Å². The van der Waals surface area contributed by atoms with Crippen molar-refractivity contribution in [3.63, 3.8) is 0 Å². The topological polar surface area (TPSA) is 49.3 Å². The summed E-state index contributed by atoms with van der Waals surface area (Å²) in [7, 11) is 0. The average Bonchev–Trinajstić information content (AvgIpc) is 3.20. The van der Waals surface area contributed by atoms with Crippen molar-refractivity contribution < 1.29 is 0 Å². The van der Waals surface area contributed by atoms with Crippen molar-refractivity contribution >= 4 is 64.4 Å². The lowest BCUT2D eigenvalue weighted by molar-refractivity contribution is 0.799. The Bertz CT molecular complexity index is 529. The second kappa shape index (κ2) is 13.0. The summed E-state index contributed by atoms with van der Waals surface area (Å²) in [6.45, 7) is 4.74. The van der Waals surface area contributed by atoms with Crippen LogP contribution in [0.15, 0.2) is 38.4 Å². The lowest BCUT2D eigenvalue weighted by atomic mass is 10.3.